The van der Waals surface area contributed by atoms with Gasteiger partial charge < -0.3 is 40.9 Å². The lowest BCUT2D eigenvalue weighted by molar-refractivity contribution is -0.143. The number of aliphatic hydroxyl groups excluding tert-OH is 1. The molecule has 0 spiro atoms. The topological polar surface area (TPSA) is 194 Å². The minimum atomic E-state index is -2.00. The van der Waals surface area contributed by atoms with E-state index >= 15 is 4.39 Å². The van der Waals surface area contributed by atoms with Crippen molar-refractivity contribution in [3.05, 3.63) is 76.0 Å². The molecule has 4 fully saturated rings. The fourth-order valence-corrected chi connectivity index (χ4v) is 11.9. The molecule has 4 aromatic rings. The molecule has 8 rings (SSSR count). The van der Waals surface area contributed by atoms with Crippen molar-refractivity contribution in [2.24, 2.45) is 11.8 Å². The van der Waals surface area contributed by atoms with Gasteiger partial charge in [0.2, 0.25) is 17.8 Å². The van der Waals surface area contributed by atoms with Crippen LogP contribution >= 0.6 is 34.7 Å². The zero-order valence-corrected chi connectivity index (χ0v) is 42.8. The molecule has 2 saturated carbocycles. The summed E-state index contributed by atoms with van der Waals surface area (Å²) < 4.78 is 19.9. The molecule has 70 heavy (non-hydrogen) atoms. The number of methoxy groups -OCH3 is 1. The van der Waals surface area contributed by atoms with Gasteiger partial charge in [0.1, 0.15) is 28.7 Å². The highest BCUT2D eigenvalue weighted by atomic mass is 35.5. The number of alkyl halides is 1. The van der Waals surface area contributed by atoms with Crippen molar-refractivity contribution in [2.45, 2.75) is 101 Å². The number of benzene rings is 2. The number of carbonyl (C=O) groups excluding carboxylic acids is 4. The van der Waals surface area contributed by atoms with Gasteiger partial charge in [-0.3, -0.25) is 24.1 Å². The van der Waals surface area contributed by atoms with Crippen LogP contribution in [0.25, 0.3) is 10.4 Å². The number of nitrogens with zero attached hydrogens (tertiary/aromatic N) is 6. The molecule has 20 heteroatoms. The highest BCUT2D eigenvalue weighted by Gasteiger charge is 2.54. The number of amides is 4. The molecule has 376 valence electrons. The number of hydrogen-bond donors (Lipinski definition) is 5. The van der Waals surface area contributed by atoms with Crippen LogP contribution < -0.4 is 26.0 Å². The lowest BCUT2D eigenvalue weighted by Crippen LogP contribution is -2.61. The number of aromatic nitrogens is 3. The Morgan fingerprint density at radius 3 is 2.40 bits per heavy atom. The van der Waals surface area contributed by atoms with Gasteiger partial charge in [-0.25, -0.2) is 14.4 Å². The average Bonchev–Trinajstić information content (AvgIpc) is 3.77. The van der Waals surface area contributed by atoms with Gasteiger partial charge in [-0.15, -0.1) is 11.3 Å². The molecule has 2 aromatic heterocycles. The van der Waals surface area contributed by atoms with Crippen LogP contribution in [-0.4, -0.2) is 146 Å². The maximum absolute atomic E-state index is 15.2. The number of likely N-dealkylation sites (tertiary alicyclic amines) is 1. The Bertz CT molecular complexity index is 2510. The van der Waals surface area contributed by atoms with Crippen LogP contribution in [0.5, 0.6) is 5.75 Å². The first-order valence-electron chi connectivity index (χ1n) is 24.1. The Balaban J connectivity index is 0.808. The number of ether oxygens (including phenoxy) is 1. The van der Waals surface area contributed by atoms with E-state index in [0.29, 0.717) is 58.7 Å². The van der Waals surface area contributed by atoms with Crippen molar-refractivity contribution in [2.75, 3.05) is 69.8 Å². The van der Waals surface area contributed by atoms with E-state index in [-0.39, 0.29) is 38.3 Å². The molecule has 4 heterocycles. The van der Waals surface area contributed by atoms with Crippen LogP contribution in [0.1, 0.15) is 80.4 Å². The van der Waals surface area contributed by atoms with Crippen molar-refractivity contribution in [3.8, 4) is 16.2 Å². The summed E-state index contributed by atoms with van der Waals surface area (Å²) in [6.45, 7) is 9.71. The summed E-state index contributed by atoms with van der Waals surface area (Å²) in [5.41, 5.74) is 3.84. The third kappa shape index (κ3) is 12.1. The molecule has 4 amide bonds. The maximum Gasteiger partial charge on any atom is 0.258 e. The molecule has 0 bridgehead atoms. The van der Waals surface area contributed by atoms with E-state index in [2.05, 4.69) is 41.1 Å². The SMILES string of the molecule is CNc1nc(Nc2ccc(C(=O)N3CCN(CC4CCC(CSC(C)(C)C(NC(=O)C5(F)CC5)C(=O)N5C[C@@H](O)C[C@@H]5C(=O)NCc5ccc(-c6scnc6C)cc5)CC4)CC3)cc2OC)ncc1Cl. The smallest absolute Gasteiger partial charge is 0.258 e. The summed E-state index contributed by atoms with van der Waals surface area (Å²) in [4.78, 5) is 74.9. The Morgan fingerprint density at radius 2 is 1.74 bits per heavy atom. The molecule has 2 aliphatic carbocycles. The highest BCUT2D eigenvalue weighted by Crippen LogP contribution is 2.42. The number of hydrogen-bond acceptors (Lipinski definition) is 14. The lowest BCUT2D eigenvalue weighted by atomic mass is 9.82. The number of β-amino-alcohol motifs (C(OH)–C–C–N with tert-alkyl or cyclic N) is 1. The summed E-state index contributed by atoms with van der Waals surface area (Å²) in [7, 11) is 3.28. The highest BCUT2D eigenvalue weighted by molar-refractivity contribution is 8.00. The Morgan fingerprint density at radius 1 is 1.03 bits per heavy atom. The monoisotopic (exact) mass is 1020 g/mol. The van der Waals surface area contributed by atoms with Gasteiger partial charge >= 0.3 is 0 Å². The number of thioether (sulfide) groups is 1. The number of piperazine rings is 1. The van der Waals surface area contributed by atoms with E-state index in [1.54, 1.807) is 55.5 Å². The molecule has 4 aliphatic rings. The zero-order chi connectivity index (χ0) is 49.7. The predicted octanol–water partition coefficient (Wildman–Crippen LogP) is 6.70. The molecular weight excluding hydrogens is 955 g/mol. The third-order valence-electron chi connectivity index (χ3n) is 14.1. The predicted molar refractivity (Wildman–Crippen MR) is 272 cm³/mol. The summed E-state index contributed by atoms with van der Waals surface area (Å²) in [5.74, 6) is 1.24. The number of aryl methyl sites for hydroxylation is 1. The van der Waals surface area contributed by atoms with E-state index in [4.69, 9.17) is 16.3 Å². The number of aliphatic hydroxyl groups is 1. The van der Waals surface area contributed by atoms with Crippen LogP contribution in [0.4, 0.5) is 21.8 Å². The molecule has 16 nitrogen and oxygen atoms in total. The molecular formula is C50H64ClFN10O6S2. The summed E-state index contributed by atoms with van der Waals surface area (Å²) in [5, 5.41) is 23.0. The molecule has 2 saturated heterocycles. The van der Waals surface area contributed by atoms with E-state index < -0.39 is 46.3 Å². The largest absolute Gasteiger partial charge is 0.495 e. The fourth-order valence-electron chi connectivity index (χ4n) is 9.59. The molecule has 3 atom stereocenters. The average molecular weight is 1020 g/mol. The number of anilines is 3. The lowest BCUT2D eigenvalue weighted by Gasteiger charge is -2.40. The van der Waals surface area contributed by atoms with E-state index in [1.165, 1.54) is 11.1 Å². The summed E-state index contributed by atoms with van der Waals surface area (Å²) in [6.07, 6.45) is 5.01. The van der Waals surface area contributed by atoms with Gasteiger partial charge in [0.05, 0.1) is 41.2 Å². The molecule has 2 aromatic carbocycles. The fraction of sp³-hybridized carbons (Fsp3) is 0.540. The van der Waals surface area contributed by atoms with E-state index in [1.807, 2.05) is 55.4 Å². The second-order valence-corrected chi connectivity index (χ2v) is 22.5. The number of nitrogens with one attached hydrogen (secondary N) is 4. The number of thiazole rings is 1. The van der Waals surface area contributed by atoms with Crippen molar-refractivity contribution >= 4 is 75.8 Å². The second kappa shape index (κ2) is 22.1. The first kappa shape index (κ1) is 51.3. The number of halogens is 2. The number of carbonyl (C=O) groups is 4. The van der Waals surface area contributed by atoms with E-state index in [0.717, 1.165) is 72.8 Å². The van der Waals surface area contributed by atoms with E-state index in [9.17, 15) is 24.3 Å². The first-order valence-corrected chi connectivity index (χ1v) is 26.3. The van der Waals surface area contributed by atoms with Crippen LogP contribution in [0.3, 0.4) is 0 Å². The van der Waals surface area contributed by atoms with Crippen LogP contribution in [0.2, 0.25) is 5.02 Å². The maximum atomic E-state index is 15.2. The third-order valence-corrected chi connectivity index (χ3v) is 17.0. The van der Waals surface area contributed by atoms with Gasteiger partial charge in [-0.2, -0.15) is 16.7 Å². The van der Waals surface area contributed by atoms with Crippen molar-refractivity contribution in [3.63, 3.8) is 0 Å². The number of rotatable bonds is 18. The Hall–Kier alpha value is -5.08. The second-order valence-electron chi connectivity index (χ2n) is 19.5. The Labute approximate surface area is 422 Å². The van der Waals surface area contributed by atoms with Crippen LogP contribution in [-0.2, 0) is 20.9 Å². The quantitative estimate of drug-likeness (QED) is 0.0708. The van der Waals surface area contributed by atoms with Gasteiger partial charge in [-0.05, 0) is 106 Å². The van der Waals surface area contributed by atoms with Gasteiger partial charge in [0.25, 0.3) is 11.8 Å². The van der Waals surface area contributed by atoms with Crippen molar-refractivity contribution < 1.29 is 33.4 Å². The van der Waals surface area contributed by atoms with Gasteiger partial charge in [0.15, 0.2) is 5.67 Å². The Kier molecular flexibility index (Phi) is 16.2. The van der Waals surface area contributed by atoms with Gasteiger partial charge in [0, 0.05) is 69.6 Å². The van der Waals surface area contributed by atoms with Gasteiger partial charge in [-0.1, -0.05) is 35.9 Å². The molecule has 5 N–H and O–H groups in total. The molecule has 0 radical (unpaired) electrons. The van der Waals surface area contributed by atoms with Crippen molar-refractivity contribution in [1.29, 1.82) is 0 Å². The van der Waals surface area contributed by atoms with Crippen LogP contribution in [0.15, 0.2) is 54.2 Å². The minimum Gasteiger partial charge on any atom is -0.495 e. The van der Waals surface area contributed by atoms with Crippen LogP contribution in [0, 0.1) is 18.8 Å². The minimum absolute atomic E-state index is 0.0505. The molecule has 2 aliphatic heterocycles. The normalized spacial score (nSPS) is 21.7. The van der Waals surface area contributed by atoms with Crippen molar-refractivity contribution in [1.82, 2.24) is 40.3 Å². The first-order chi connectivity index (χ1) is 33.5. The standard InChI is InChI=1S/C50H64ClFN10O6S2/c1-30-41(69-29-56-30)34-12-10-31(11-13-34)24-54-44(64)39-23-36(63)27-62(39)46(66)42(58-47(67)50(52)16-17-50)49(2,3)70-28-33-8-6-32(7-9-33)26-60-18-20-61(21-19-60)45(65)35-14-15-38(40(22-35)68-5)57-48-55-25-37(51)43(53-4)59-48/h10-15,22,25,29,32-33,36,39,42,63H,6-9,16-21,23-24,26-28H2,1-5H3,(H,54,64)(H,58,67)(H2,53,55,57,59)/t32?,33?,36-,39+,42?/m0/s1. The summed E-state index contributed by atoms with van der Waals surface area (Å²) in [6, 6.07) is 11.1. The summed E-state index contributed by atoms with van der Waals surface area (Å²) >= 11 is 9.30. The zero-order valence-electron chi connectivity index (χ0n) is 40.4. The molecule has 1 unspecified atom stereocenters.